The summed E-state index contributed by atoms with van der Waals surface area (Å²) in [6, 6.07) is 13.4. The molecule has 1 N–H and O–H groups in total. The third-order valence-corrected chi connectivity index (χ3v) is 6.53. The minimum Gasteiger partial charge on any atom is -0.330 e. The van der Waals surface area contributed by atoms with Crippen LogP contribution in [0.15, 0.2) is 51.6 Å². The lowest BCUT2D eigenvalue weighted by atomic mass is 10.1. The summed E-state index contributed by atoms with van der Waals surface area (Å²) >= 11 is 3.02. The summed E-state index contributed by atoms with van der Waals surface area (Å²) in [6.07, 6.45) is 0. The van der Waals surface area contributed by atoms with Crippen LogP contribution in [0, 0.1) is 20.8 Å². The highest BCUT2D eigenvalue weighted by Crippen LogP contribution is 2.30. The number of aromatic nitrogens is 4. The maximum Gasteiger partial charge on any atom is 0.258 e. The summed E-state index contributed by atoms with van der Waals surface area (Å²) in [6.45, 7) is 6.07. The monoisotopic (exact) mass is 409 g/mol. The highest BCUT2D eigenvalue weighted by molar-refractivity contribution is 8.00. The summed E-state index contributed by atoms with van der Waals surface area (Å²) < 4.78 is 2.45. The number of aryl methyl sites for hydroxylation is 2. The van der Waals surface area contributed by atoms with E-state index in [1.807, 2.05) is 37.3 Å². The quantitative estimate of drug-likeness (QED) is 0.489. The molecule has 0 saturated carbocycles. The predicted octanol–water partition coefficient (Wildman–Crippen LogP) is 4.51. The molecule has 0 aliphatic carbocycles. The molecular weight excluding hydrogens is 390 g/mol. The van der Waals surface area contributed by atoms with E-state index in [9.17, 15) is 4.79 Å². The van der Waals surface area contributed by atoms with E-state index < -0.39 is 0 Å². The van der Waals surface area contributed by atoms with Crippen molar-refractivity contribution in [3.05, 3.63) is 75.3 Å². The zero-order valence-corrected chi connectivity index (χ0v) is 17.4. The van der Waals surface area contributed by atoms with Gasteiger partial charge in [0.25, 0.3) is 5.56 Å². The van der Waals surface area contributed by atoms with Crippen molar-refractivity contribution >= 4 is 39.6 Å². The largest absolute Gasteiger partial charge is 0.330 e. The molecule has 8 heteroatoms. The maximum absolute atomic E-state index is 12.4. The van der Waals surface area contributed by atoms with Gasteiger partial charge in [-0.3, -0.25) is 9.20 Å². The van der Waals surface area contributed by atoms with Gasteiger partial charge in [0.05, 0.1) is 5.69 Å². The fourth-order valence-corrected chi connectivity index (χ4v) is 4.55. The lowest BCUT2D eigenvalue weighted by molar-refractivity contribution is 0.967. The molecule has 0 unspecified atom stereocenters. The Balaban J connectivity index is 1.48. The van der Waals surface area contributed by atoms with Crippen LogP contribution >= 0.6 is 23.1 Å². The van der Waals surface area contributed by atoms with Gasteiger partial charge < -0.3 is 5.32 Å². The second kappa shape index (κ2) is 7.73. The second-order valence-electron chi connectivity index (χ2n) is 6.48. The van der Waals surface area contributed by atoms with Gasteiger partial charge in [-0.25, -0.2) is 4.98 Å². The van der Waals surface area contributed by atoms with Gasteiger partial charge in [0, 0.05) is 23.2 Å². The third kappa shape index (κ3) is 3.79. The van der Waals surface area contributed by atoms with E-state index in [2.05, 4.69) is 40.4 Å². The van der Waals surface area contributed by atoms with Crippen LogP contribution in [0.5, 0.6) is 0 Å². The van der Waals surface area contributed by atoms with Crippen molar-refractivity contribution in [3.8, 4) is 0 Å². The number of pyridine rings is 1. The number of fused-ring (bicyclic) bond motifs is 1. The molecule has 28 heavy (non-hydrogen) atoms. The summed E-state index contributed by atoms with van der Waals surface area (Å²) in [5, 5.41) is 12.5. The molecule has 4 aromatic rings. The van der Waals surface area contributed by atoms with Gasteiger partial charge in [0.15, 0.2) is 4.34 Å². The van der Waals surface area contributed by atoms with Crippen LogP contribution in [0.4, 0.5) is 10.8 Å². The van der Waals surface area contributed by atoms with E-state index in [1.165, 1.54) is 34.2 Å². The van der Waals surface area contributed by atoms with E-state index in [0.717, 1.165) is 26.5 Å². The van der Waals surface area contributed by atoms with E-state index >= 15 is 0 Å². The minimum atomic E-state index is -0.0618. The molecule has 0 bridgehead atoms. The van der Waals surface area contributed by atoms with Gasteiger partial charge in [-0.05, 0) is 50.1 Å². The van der Waals surface area contributed by atoms with Gasteiger partial charge in [-0.15, -0.1) is 10.2 Å². The second-order valence-corrected chi connectivity index (χ2v) is 8.68. The molecule has 0 spiro atoms. The lowest BCUT2D eigenvalue weighted by Crippen LogP contribution is -2.17. The van der Waals surface area contributed by atoms with Crippen LogP contribution < -0.4 is 10.9 Å². The van der Waals surface area contributed by atoms with Crippen molar-refractivity contribution in [2.24, 2.45) is 0 Å². The van der Waals surface area contributed by atoms with Crippen LogP contribution in [0.25, 0.3) is 5.65 Å². The van der Waals surface area contributed by atoms with Crippen LogP contribution in [0.3, 0.4) is 0 Å². The number of anilines is 2. The van der Waals surface area contributed by atoms with Crippen molar-refractivity contribution in [2.75, 3.05) is 5.32 Å². The van der Waals surface area contributed by atoms with Gasteiger partial charge in [0.1, 0.15) is 5.65 Å². The van der Waals surface area contributed by atoms with Gasteiger partial charge in [0.2, 0.25) is 5.13 Å². The van der Waals surface area contributed by atoms with Crippen molar-refractivity contribution in [1.29, 1.82) is 0 Å². The molecule has 6 nitrogen and oxygen atoms in total. The Labute approximate surface area is 170 Å². The molecule has 0 amide bonds. The topological polar surface area (TPSA) is 72.2 Å². The summed E-state index contributed by atoms with van der Waals surface area (Å²) in [5.41, 5.74) is 5.68. The van der Waals surface area contributed by atoms with Gasteiger partial charge in [-0.2, -0.15) is 0 Å². The van der Waals surface area contributed by atoms with E-state index in [-0.39, 0.29) is 5.56 Å². The Morgan fingerprint density at radius 1 is 1.11 bits per heavy atom. The molecule has 142 valence electrons. The Hall–Kier alpha value is -2.71. The Morgan fingerprint density at radius 3 is 2.79 bits per heavy atom. The first-order valence-corrected chi connectivity index (χ1v) is 10.6. The predicted molar refractivity (Wildman–Crippen MR) is 115 cm³/mol. The number of thioether (sulfide) groups is 1. The van der Waals surface area contributed by atoms with Crippen LogP contribution in [-0.2, 0) is 5.75 Å². The standard InChI is InChI=1S/C20H19N5OS2/c1-12-6-4-8-16(14(12)3)22-19-23-24-20(28-19)27-11-15-10-18(26)25-13(2)7-5-9-17(25)21-15/h4-10H,11H2,1-3H3,(H,22,23). The number of nitrogens with one attached hydrogen (secondary N) is 1. The normalized spacial score (nSPS) is 11.1. The fourth-order valence-electron chi connectivity index (χ4n) is 2.89. The number of rotatable bonds is 5. The van der Waals surface area contributed by atoms with Crippen LogP contribution in [0.1, 0.15) is 22.5 Å². The van der Waals surface area contributed by atoms with Crippen molar-refractivity contribution in [2.45, 2.75) is 30.9 Å². The molecular formula is C20H19N5OS2. The SMILES string of the molecule is Cc1cccc(Nc2nnc(SCc3cc(=O)n4c(C)cccc4n3)s2)c1C. The van der Waals surface area contributed by atoms with E-state index in [1.54, 1.807) is 10.5 Å². The maximum atomic E-state index is 12.4. The highest BCUT2D eigenvalue weighted by atomic mass is 32.2. The zero-order chi connectivity index (χ0) is 19.7. The summed E-state index contributed by atoms with van der Waals surface area (Å²) in [7, 11) is 0. The lowest BCUT2D eigenvalue weighted by Gasteiger charge is -2.08. The first-order chi connectivity index (χ1) is 13.5. The molecule has 0 fully saturated rings. The molecule has 0 aliphatic rings. The number of nitrogens with zero attached hydrogens (tertiary/aromatic N) is 4. The summed E-state index contributed by atoms with van der Waals surface area (Å²) in [4.78, 5) is 17.0. The smallest absolute Gasteiger partial charge is 0.258 e. The molecule has 0 atom stereocenters. The van der Waals surface area contributed by atoms with Crippen molar-refractivity contribution in [3.63, 3.8) is 0 Å². The van der Waals surface area contributed by atoms with Gasteiger partial charge >= 0.3 is 0 Å². The van der Waals surface area contributed by atoms with Crippen LogP contribution in [-0.4, -0.2) is 19.6 Å². The average Bonchev–Trinajstić information content (AvgIpc) is 3.11. The van der Waals surface area contributed by atoms with Crippen molar-refractivity contribution in [1.82, 2.24) is 19.6 Å². The Bertz CT molecular complexity index is 1210. The number of hydrogen-bond donors (Lipinski definition) is 1. The number of benzene rings is 1. The molecule has 0 saturated heterocycles. The molecule has 0 aliphatic heterocycles. The zero-order valence-electron chi connectivity index (χ0n) is 15.8. The minimum absolute atomic E-state index is 0.0618. The van der Waals surface area contributed by atoms with E-state index in [4.69, 9.17) is 0 Å². The molecule has 4 rings (SSSR count). The Morgan fingerprint density at radius 2 is 1.93 bits per heavy atom. The first kappa shape index (κ1) is 18.6. The number of hydrogen-bond acceptors (Lipinski definition) is 7. The third-order valence-electron chi connectivity index (χ3n) is 4.53. The molecule has 0 radical (unpaired) electrons. The Kier molecular flexibility index (Phi) is 5.15. The molecule has 3 heterocycles. The first-order valence-electron chi connectivity index (χ1n) is 8.79. The molecule has 3 aromatic heterocycles. The highest BCUT2D eigenvalue weighted by Gasteiger charge is 2.09. The van der Waals surface area contributed by atoms with Crippen molar-refractivity contribution < 1.29 is 0 Å². The van der Waals surface area contributed by atoms with Crippen LogP contribution in [0.2, 0.25) is 0 Å². The molecule has 1 aromatic carbocycles. The average molecular weight is 410 g/mol. The summed E-state index contributed by atoms with van der Waals surface area (Å²) in [5.74, 6) is 0.567. The van der Waals surface area contributed by atoms with Gasteiger partial charge in [-0.1, -0.05) is 41.3 Å². The van der Waals surface area contributed by atoms with E-state index in [0.29, 0.717) is 11.4 Å². The fraction of sp³-hybridized carbons (Fsp3) is 0.200.